The lowest BCUT2D eigenvalue weighted by atomic mass is 10.0. The van der Waals surface area contributed by atoms with Crippen molar-refractivity contribution in [2.75, 3.05) is 6.66 Å². The zero-order valence-electron chi connectivity index (χ0n) is 9.00. The maximum atomic E-state index is 2.40. The Morgan fingerprint density at radius 3 is 1.75 bits per heavy atom. The normalized spacial score (nSPS) is 25.5. The molecule has 0 N–H and O–H groups in total. The first-order chi connectivity index (χ1) is 5.46. The number of hydrogen-bond acceptors (Lipinski definition) is 0. The Hall–Kier alpha value is -0.220. The largest absolute Gasteiger partial charge is 0.0936 e. The van der Waals surface area contributed by atoms with Crippen molar-refractivity contribution >= 4 is 12.8 Å². The molecule has 0 aromatic carbocycles. The average molecular weight is 182 g/mol. The Kier molecular flexibility index (Phi) is 2.68. The van der Waals surface area contributed by atoms with Crippen LogP contribution >= 0.6 is 7.55 Å². The van der Waals surface area contributed by atoms with Crippen LogP contribution < -0.4 is 0 Å². The third-order valence-corrected chi connectivity index (χ3v) is 6.38. The van der Waals surface area contributed by atoms with Crippen molar-refractivity contribution in [3.8, 4) is 0 Å². The van der Waals surface area contributed by atoms with Crippen LogP contribution in [0.4, 0.5) is 0 Å². The number of hydrogen-bond donors (Lipinski definition) is 0. The van der Waals surface area contributed by atoms with Crippen molar-refractivity contribution in [1.82, 2.24) is 0 Å². The lowest BCUT2D eigenvalue weighted by molar-refractivity contribution is 1.26. The molecule has 1 heterocycles. The molecular formula is C11H19P. The van der Waals surface area contributed by atoms with Gasteiger partial charge in [-0.25, -0.2) is 0 Å². The zero-order chi connectivity index (χ0) is 9.46. The molecule has 1 rings (SSSR count). The molecule has 0 radical (unpaired) electrons. The van der Waals surface area contributed by atoms with Gasteiger partial charge in [-0.2, -0.15) is 0 Å². The van der Waals surface area contributed by atoms with Crippen molar-refractivity contribution in [3.05, 3.63) is 22.0 Å². The topological polar surface area (TPSA) is 0 Å². The Morgan fingerprint density at radius 1 is 0.750 bits per heavy atom. The highest BCUT2D eigenvalue weighted by Crippen LogP contribution is 2.42. The first-order valence-corrected chi connectivity index (χ1v) is 6.50. The van der Waals surface area contributed by atoms with Crippen LogP contribution in [0.3, 0.4) is 0 Å². The predicted molar refractivity (Wildman–Crippen MR) is 61.7 cm³/mol. The van der Waals surface area contributed by atoms with Gasteiger partial charge in [0.25, 0.3) is 0 Å². The number of allylic oxidation sites excluding steroid dienone is 4. The van der Waals surface area contributed by atoms with Gasteiger partial charge in [-0.15, -0.1) is 0 Å². The van der Waals surface area contributed by atoms with Gasteiger partial charge in [0.15, 0.2) is 0 Å². The molecule has 0 spiro atoms. The van der Waals surface area contributed by atoms with Crippen LogP contribution in [0, 0.1) is 0 Å². The van der Waals surface area contributed by atoms with E-state index in [0.717, 1.165) is 0 Å². The van der Waals surface area contributed by atoms with Crippen LogP contribution in [0.15, 0.2) is 22.0 Å². The van der Waals surface area contributed by atoms with Gasteiger partial charge in [-0.05, 0) is 68.6 Å². The summed E-state index contributed by atoms with van der Waals surface area (Å²) in [5.41, 5.74) is 4.57. The second-order valence-corrected chi connectivity index (χ2v) is 6.50. The monoisotopic (exact) mass is 182 g/mol. The molecule has 1 heteroatoms. The van der Waals surface area contributed by atoms with E-state index >= 15 is 0 Å². The summed E-state index contributed by atoms with van der Waals surface area (Å²) in [6.45, 7) is 13.7. The number of rotatable bonds is 0. The van der Waals surface area contributed by atoms with E-state index in [1.165, 1.54) is 16.7 Å². The van der Waals surface area contributed by atoms with Gasteiger partial charge < -0.3 is 0 Å². The SMILES string of the molecule is CC1=C(C)C(C)=[PH](C)C(C)=C1C. The van der Waals surface area contributed by atoms with Crippen LogP contribution in [0.5, 0.6) is 0 Å². The van der Waals surface area contributed by atoms with Gasteiger partial charge in [0.2, 0.25) is 0 Å². The van der Waals surface area contributed by atoms with Crippen molar-refractivity contribution in [2.24, 2.45) is 0 Å². The second-order valence-electron chi connectivity index (χ2n) is 3.75. The molecule has 0 saturated carbocycles. The van der Waals surface area contributed by atoms with Crippen molar-refractivity contribution in [1.29, 1.82) is 0 Å². The van der Waals surface area contributed by atoms with E-state index < -0.39 is 0 Å². The molecule has 1 aliphatic rings. The fourth-order valence-corrected chi connectivity index (χ4v) is 3.75. The van der Waals surface area contributed by atoms with Gasteiger partial charge in [-0.1, -0.05) is 7.55 Å². The third-order valence-electron chi connectivity index (χ3n) is 3.38. The molecule has 1 aliphatic heterocycles. The molecule has 1 unspecified atom stereocenters. The Labute approximate surface area is 76.8 Å². The lowest BCUT2D eigenvalue weighted by Crippen LogP contribution is -2.03. The molecule has 0 nitrogen and oxygen atoms in total. The lowest BCUT2D eigenvalue weighted by Gasteiger charge is -2.22. The Bertz CT molecular complexity index is 215. The smallest absolute Gasteiger partial charge is 0.0392 e. The van der Waals surface area contributed by atoms with Gasteiger partial charge >= 0.3 is 0 Å². The highest BCUT2D eigenvalue weighted by molar-refractivity contribution is 7.62. The average Bonchev–Trinajstić information content (AvgIpc) is 2.08. The molecule has 0 aromatic rings. The summed E-state index contributed by atoms with van der Waals surface area (Å²) in [7, 11) is -0.340. The summed E-state index contributed by atoms with van der Waals surface area (Å²) < 4.78 is 0. The fourth-order valence-electron chi connectivity index (χ4n) is 1.69. The summed E-state index contributed by atoms with van der Waals surface area (Å²) in [6, 6.07) is 0. The summed E-state index contributed by atoms with van der Waals surface area (Å²) in [6.07, 6.45) is 0. The maximum Gasteiger partial charge on any atom is -0.0392 e. The van der Waals surface area contributed by atoms with E-state index in [2.05, 4.69) is 41.3 Å². The minimum absolute atomic E-state index is 0.340. The van der Waals surface area contributed by atoms with Crippen LogP contribution in [-0.2, 0) is 0 Å². The standard InChI is InChI=1S/C11H19P/c1-7-8(2)10(4)12(6)11(5)9(7)3/h12H,1-6H3. The van der Waals surface area contributed by atoms with E-state index in [1.54, 1.807) is 10.6 Å². The molecule has 0 saturated heterocycles. The van der Waals surface area contributed by atoms with Crippen molar-refractivity contribution < 1.29 is 0 Å². The summed E-state index contributed by atoms with van der Waals surface area (Å²) >= 11 is 0. The molecule has 0 amide bonds. The maximum absolute atomic E-state index is 2.40. The zero-order valence-corrected chi connectivity index (χ0v) is 10.0. The highest BCUT2D eigenvalue weighted by atomic mass is 31.1. The van der Waals surface area contributed by atoms with Crippen LogP contribution in [0.25, 0.3) is 0 Å². The molecular weight excluding hydrogens is 163 g/mol. The van der Waals surface area contributed by atoms with E-state index in [9.17, 15) is 0 Å². The fraction of sp³-hybridized carbons (Fsp3) is 0.545. The van der Waals surface area contributed by atoms with E-state index in [0.29, 0.717) is 0 Å². The summed E-state index contributed by atoms with van der Waals surface area (Å²) in [4.78, 5) is 0. The summed E-state index contributed by atoms with van der Waals surface area (Å²) in [5.74, 6) is 0. The van der Waals surface area contributed by atoms with E-state index in [1.807, 2.05) is 0 Å². The van der Waals surface area contributed by atoms with Crippen molar-refractivity contribution in [2.45, 2.75) is 34.6 Å². The molecule has 12 heavy (non-hydrogen) atoms. The van der Waals surface area contributed by atoms with E-state index in [4.69, 9.17) is 0 Å². The Balaban J connectivity index is 3.43. The minimum Gasteiger partial charge on any atom is -0.0936 e. The predicted octanol–water partition coefficient (Wildman–Crippen LogP) is 3.67. The van der Waals surface area contributed by atoms with Gasteiger partial charge in [0, 0.05) is 0 Å². The second kappa shape index (κ2) is 3.26. The minimum atomic E-state index is -0.340. The molecule has 0 bridgehead atoms. The van der Waals surface area contributed by atoms with Crippen LogP contribution in [-0.4, -0.2) is 12.0 Å². The van der Waals surface area contributed by atoms with Gasteiger partial charge in [-0.3, -0.25) is 0 Å². The quantitative estimate of drug-likeness (QED) is 0.501. The first kappa shape index (κ1) is 9.86. The Morgan fingerprint density at radius 2 is 1.25 bits per heavy atom. The highest BCUT2D eigenvalue weighted by Gasteiger charge is 2.12. The van der Waals surface area contributed by atoms with E-state index in [-0.39, 0.29) is 7.55 Å². The molecule has 68 valence electrons. The van der Waals surface area contributed by atoms with Crippen molar-refractivity contribution in [3.63, 3.8) is 0 Å². The summed E-state index contributed by atoms with van der Waals surface area (Å²) in [5, 5.41) is 3.28. The van der Waals surface area contributed by atoms with Gasteiger partial charge in [0.05, 0.1) is 0 Å². The molecule has 0 aliphatic carbocycles. The molecule has 1 atom stereocenters. The van der Waals surface area contributed by atoms with Crippen LogP contribution in [0.2, 0.25) is 0 Å². The molecule has 0 aromatic heterocycles. The third kappa shape index (κ3) is 1.33. The molecule has 0 fully saturated rings. The van der Waals surface area contributed by atoms with Crippen LogP contribution in [0.1, 0.15) is 34.6 Å². The first-order valence-electron chi connectivity index (χ1n) is 4.50. The van der Waals surface area contributed by atoms with Gasteiger partial charge in [0.1, 0.15) is 0 Å².